The molecule has 1 fully saturated rings. The Balaban J connectivity index is 1.38. The van der Waals surface area contributed by atoms with Gasteiger partial charge < -0.3 is 9.64 Å². The summed E-state index contributed by atoms with van der Waals surface area (Å²) in [5, 5.41) is 4.00. The predicted molar refractivity (Wildman–Crippen MR) is 125 cm³/mol. The van der Waals surface area contributed by atoms with Gasteiger partial charge in [-0.05, 0) is 42.0 Å². The van der Waals surface area contributed by atoms with Crippen LogP contribution < -0.4 is 4.74 Å². The van der Waals surface area contributed by atoms with Gasteiger partial charge in [-0.25, -0.2) is 9.50 Å². The van der Waals surface area contributed by atoms with E-state index in [0.717, 1.165) is 18.2 Å². The number of nitrogens with zero attached hydrogens (tertiary/aromatic N) is 6. The van der Waals surface area contributed by atoms with E-state index >= 15 is 0 Å². The molecule has 0 unspecified atom stereocenters. The van der Waals surface area contributed by atoms with Gasteiger partial charge >= 0.3 is 6.18 Å². The van der Waals surface area contributed by atoms with E-state index in [1.807, 2.05) is 12.1 Å². The number of aromatic nitrogens is 4. The Labute approximate surface area is 204 Å². The van der Waals surface area contributed by atoms with Crippen LogP contribution in [0.25, 0.3) is 16.9 Å². The van der Waals surface area contributed by atoms with Gasteiger partial charge in [0.25, 0.3) is 5.91 Å². The van der Waals surface area contributed by atoms with E-state index in [4.69, 9.17) is 4.74 Å². The molecular formula is C25H23F3N6O2. The number of methoxy groups -OCH3 is 1. The Morgan fingerprint density at radius 2 is 1.81 bits per heavy atom. The molecule has 0 aliphatic carbocycles. The number of halogens is 3. The normalized spacial score (nSPS) is 14.8. The highest BCUT2D eigenvalue weighted by atomic mass is 19.4. The third-order valence-corrected chi connectivity index (χ3v) is 6.11. The summed E-state index contributed by atoms with van der Waals surface area (Å²) in [5.41, 5.74) is 0.576. The first-order valence-electron chi connectivity index (χ1n) is 11.3. The van der Waals surface area contributed by atoms with Crippen LogP contribution in [-0.2, 0) is 12.7 Å². The molecule has 1 saturated heterocycles. The number of hydrogen-bond acceptors (Lipinski definition) is 6. The second-order valence-electron chi connectivity index (χ2n) is 8.48. The van der Waals surface area contributed by atoms with E-state index < -0.39 is 17.8 Å². The second-order valence-corrected chi connectivity index (χ2v) is 8.48. The van der Waals surface area contributed by atoms with Crippen LogP contribution in [0.15, 0.2) is 60.9 Å². The number of alkyl halides is 3. The van der Waals surface area contributed by atoms with Crippen LogP contribution in [0.1, 0.15) is 21.7 Å². The molecule has 1 amide bonds. The third kappa shape index (κ3) is 4.87. The van der Waals surface area contributed by atoms with Gasteiger partial charge in [0.05, 0.1) is 12.8 Å². The first-order chi connectivity index (χ1) is 17.3. The Bertz CT molecular complexity index is 1360. The molecule has 1 aromatic carbocycles. The average Bonchev–Trinajstić information content (AvgIpc) is 3.32. The maximum Gasteiger partial charge on any atom is 0.433 e. The van der Waals surface area contributed by atoms with Crippen molar-refractivity contribution in [1.82, 2.24) is 29.4 Å². The number of carbonyl (C=O) groups is 1. The average molecular weight is 496 g/mol. The lowest BCUT2D eigenvalue weighted by Crippen LogP contribution is -2.48. The van der Waals surface area contributed by atoms with Gasteiger partial charge in [-0.15, -0.1) is 0 Å². The molecule has 1 aliphatic heterocycles. The van der Waals surface area contributed by atoms with Crippen LogP contribution >= 0.6 is 0 Å². The van der Waals surface area contributed by atoms with Crippen molar-refractivity contribution in [2.45, 2.75) is 12.7 Å². The molecule has 0 radical (unpaired) electrons. The Hall–Kier alpha value is -3.99. The summed E-state index contributed by atoms with van der Waals surface area (Å²) in [7, 11) is 1.51. The molecule has 0 bridgehead atoms. The molecule has 8 nitrogen and oxygen atoms in total. The molecule has 0 N–H and O–H groups in total. The molecule has 1 aliphatic rings. The molecule has 0 spiro atoms. The summed E-state index contributed by atoms with van der Waals surface area (Å²) in [6.07, 6.45) is -1.17. The SMILES string of the molecule is COc1ccc(-c2cc(C(F)(F)F)n3nc(C(=O)N4CCN(Cc5cccnc5)CC4)cc3n2)cc1. The monoisotopic (exact) mass is 496 g/mol. The van der Waals surface area contributed by atoms with Crippen molar-refractivity contribution in [3.63, 3.8) is 0 Å². The van der Waals surface area contributed by atoms with Crippen LogP contribution in [0.3, 0.4) is 0 Å². The Morgan fingerprint density at radius 3 is 2.44 bits per heavy atom. The van der Waals surface area contributed by atoms with Gasteiger partial charge in [-0.2, -0.15) is 18.3 Å². The van der Waals surface area contributed by atoms with Crippen molar-refractivity contribution in [2.75, 3.05) is 33.3 Å². The molecule has 4 heterocycles. The first-order valence-corrected chi connectivity index (χ1v) is 11.3. The fraction of sp³-hybridized carbons (Fsp3) is 0.280. The Kier molecular flexibility index (Phi) is 6.31. The molecule has 5 rings (SSSR count). The number of rotatable bonds is 5. The van der Waals surface area contributed by atoms with Crippen molar-refractivity contribution in [3.05, 3.63) is 77.9 Å². The molecule has 186 valence electrons. The fourth-order valence-corrected chi connectivity index (χ4v) is 4.21. The minimum absolute atomic E-state index is 0.0470. The number of fused-ring (bicyclic) bond motifs is 1. The van der Waals surface area contributed by atoms with Gasteiger partial charge in [0.2, 0.25) is 0 Å². The minimum atomic E-state index is -4.69. The van der Waals surface area contributed by atoms with Crippen LogP contribution in [0.2, 0.25) is 0 Å². The summed E-state index contributed by atoms with van der Waals surface area (Å²) in [6, 6.07) is 12.7. The van der Waals surface area contributed by atoms with E-state index in [-0.39, 0.29) is 17.0 Å². The van der Waals surface area contributed by atoms with Gasteiger partial charge in [0.15, 0.2) is 17.0 Å². The standard InChI is InChI=1S/C25H23F3N6O2/c1-36-19-6-4-18(5-7-19)20-13-22(25(26,27)28)34-23(30-20)14-21(31-34)24(35)33-11-9-32(10-12-33)16-17-3-2-8-29-15-17/h2-8,13-15H,9-12,16H2,1H3. The predicted octanol–water partition coefficient (Wildman–Crippen LogP) is 3.78. The lowest BCUT2D eigenvalue weighted by Gasteiger charge is -2.34. The third-order valence-electron chi connectivity index (χ3n) is 6.11. The van der Waals surface area contributed by atoms with Gasteiger partial charge in [0.1, 0.15) is 5.75 Å². The zero-order valence-electron chi connectivity index (χ0n) is 19.4. The summed E-state index contributed by atoms with van der Waals surface area (Å²) in [4.78, 5) is 25.4. The quantitative estimate of drug-likeness (QED) is 0.419. The molecule has 3 aromatic heterocycles. The number of hydrogen-bond donors (Lipinski definition) is 0. The van der Waals surface area contributed by atoms with E-state index in [9.17, 15) is 18.0 Å². The molecule has 4 aromatic rings. The first kappa shape index (κ1) is 23.7. The number of amides is 1. The van der Waals surface area contributed by atoms with Crippen molar-refractivity contribution in [1.29, 1.82) is 0 Å². The highest BCUT2D eigenvalue weighted by Gasteiger charge is 2.36. The zero-order valence-corrected chi connectivity index (χ0v) is 19.4. The highest BCUT2D eigenvalue weighted by molar-refractivity contribution is 5.93. The summed E-state index contributed by atoms with van der Waals surface area (Å²) < 4.78 is 47.5. The molecular weight excluding hydrogens is 473 g/mol. The van der Waals surface area contributed by atoms with Crippen LogP contribution in [0.5, 0.6) is 5.75 Å². The van der Waals surface area contributed by atoms with E-state index in [1.165, 1.54) is 13.2 Å². The maximum absolute atomic E-state index is 13.9. The second kappa shape index (κ2) is 9.57. The fourth-order valence-electron chi connectivity index (χ4n) is 4.21. The summed E-state index contributed by atoms with van der Waals surface area (Å²) >= 11 is 0. The molecule has 11 heteroatoms. The van der Waals surface area contributed by atoms with Crippen molar-refractivity contribution < 1.29 is 22.7 Å². The van der Waals surface area contributed by atoms with Crippen LogP contribution in [0.4, 0.5) is 13.2 Å². The van der Waals surface area contributed by atoms with Gasteiger partial charge in [-0.1, -0.05) is 6.07 Å². The molecule has 0 saturated carbocycles. The Morgan fingerprint density at radius 1 is 1.06 bits per heavy atom. The topological polar surface area (TPSA) is 75.9 Å². The number of piperazine rings is 1. The summed E-state index contributed by atoms with van der Waals surface area (Å²) in [6.45, 7) is 2.90. The zero-order chi connectivity index (χ0) is 25.3. The number of carbonyl (C=O) groups excluding carboxylic acids is 1. The van der Waals surface area contributed by atoms with Crippen molar-refractivity contribution in [3.8, 4) is 17.0 Å². The van der Waals surface area contributed by atoms with E-state index in [1.54, 1.807) is 41.6 Å². The van der Waals surface area contributed by atoms with Crippen molar-refractivity contribution in [2.24, 2.45) is 0 Å². The van der Waals surface area contributed by atoms with Crippen LogP contribution in [0, 0.1) is 0 Å². The lowest BCUT2D eigenvalue weighted by atomic mass is 10.1. The number of ether oxygens (including phenoxy) is 1. The van der Waals surface area contributed by atoms with E-state index in [2.05, 4.69) is 20.0 Å². The highest BCUT2D eigenvalue weighted by Crippen LogP contribution is 2.33. The van der Waals surface area contributed by atoms with E-state index in [0.29, 0.717) is 42.0 Å². The summed E-state index contributed by atoms with van der Waals surface area (Å²) in [5.74, 6) is 0.161. The largest absolute Gasteiger partial charge is 0.497 e. The molecule has 36 heavy (non-hydrogen) atoms. The van der Waals surface area contributed by atoms with Gasteiger partial charge in [-0.3, -0.25) is 14.7 Å². The number of benzene rings is 1. The minimum Gasteiger partial charge on any atom is -0.497 e. The number of pyridine rings is 1. The lowest BCUT2D eigenvalue weighted by molar-refractivity contribution is -0.142. The van der Waals surface area contributed by atoms with Crippen LogP contribution in [-0.4, -0.2) is 68.6 Å². The smallest absolute Gasteiger partial charge is 0.433 e. The van der Waals surface area contributed by atoms with Crippen molar-refractivity contribution >= 4 is 11.6 Å². The maximum atomic E-state index is 13.9. The molecule has 0 atom stereocenters. The van der Waals surface area contributed by atoms with Gasteiger partial charge in [0, 0.05) is 56.7 Å².